The van der Waals surface area contributed by atoms with Crippen LogP contribution in [0.1, 0.15) is 69.0 Å². The summed E-state index contributed by atoms with van der Waals surface area (Å²) in [6.07, 6.45) is 7.97. The third-order valence-electron chi connectivity index (χ3n) is 5.88. The number of ketones is 1. The van der Waals surface area contributed by atoms with Crippen molar-refractivity contribution in [2.45, 2.75) is 63.2 Å². The van der Waals surface area contributed by atoms with E-state index in [1.165, 1.54) is 12.1 Å². The van der Waals surface area contributed by atoms with E-state index in [-0.39, 0.29) is 11.5 Å². The molecule has 2 unspecified atom stereocenters. The summed E-state index contributed by atoms with van der Waals surface area (Å²) in [6, 6.07) is 3.50. The van der Waals surface area contributed by atoms with E-state index in [0.717, 1.165) is 55.8 Å². The lowest BCUT2D eigenvalue weighted by Gasteiger charge is -2.27. The molecule has 0 radical (unpaired) electrons. The van der Waals surface area contributed by atoms with E-state index in [4.69, 9.17) is 0 Å². The van der Waals surface area contributed by atoms with E-state index in [9.17, 15) is 13.6 Å². The molecule has 2 aliphatic carbocycles. The van der Waals surface area contributed by atoms with Gasteiger partial charge in [-0.05, 0) is 49.3 Å². The quantitative estimate of drug-likeness (QED) is 0.704. The first-order valence-electron chi connectivity index (χ1n) is 9.14. The fourth-order valence-electron chi connectivity index (χ4n) is 4.66. The third kappa shape index (κ3) is 2.43. The summed E-state index contributed by atoms with van der Waals surface area (Å²) in [7, 11) is 0. The smallest absolute Gasteiger partial charge is 0.151 e. The van der Waals surface area contributed by atoms with Gasteiger partial charge in [0.1, 0.15) is 17.3 Å². The highest BCUT2D eigenvalue weighted by molar-refractivity contribution is 5.92. The molecular weight excluding hydrogens is 322 g/mol. The van der Waals surface area contributed by atoms with Crippen molar-refractivity contribution in [1.82, 2.24) is 9.78 Å². The summed E-state index contributed by atoms with van der Waals surface area (Å²) >= 11 is 0. The molecule has 1 saturated carbocycles. The number of fused-ring (bicyclic) bond motifs is 5. The van der Waals surface area contributed by atoms with E-state index in [1.807, 2.05) is 0 Å². The molecule has 0 spiro atoms. The van der Waals surface area contributed by atoms with Crippen LogP contribution in [0.2, 0.25) is 0 Å². The molecule has 0 N–H and O–H groups in total. The molecule has 1 aromatic heterocycles. The topological polar surface area (TPSA) is 34.9 Å². The molecule has 2 aliphatic rings. The minimum atomic E-state index is -0.651. The van der Waals surface area contributed by atoms with Crippen molar-refractivity contribution < 1.29 is 13.6 Å². The van der Waals surface area contributed by atoms with Crippen molar-refractivity contribution >= 4 is 5.78 Å². The first-order valence-corrected chi connectivity index (χ1v) is 9.14. The zero-order valence-corrected chi connectivity index (χ0v) is 14.4. The van der Waals surface area contributed by atoms with Gasteiger partial charge in [-0.1, -0.05) is 19.8 Å². The minimum absolute atomic E-state index is 0.218. The Morgan fingerprint density at radius 2 is 2.20 bits per heavy atom. The fourth-order valence-corrected chi connectivity index (χ4v) is 4.66. The van der Waals surface area contributed by atoms with Crippen LogP contribution >= 0.6 is 0 Å². The summed E-state index contributed by atoms with van der Waals surface area (Å²) in [4.78, 5) is 13.1. The monoisotopic (exact) mass is 344 g/mol. The molecular formula is C20H22F2N2O. The number of nitrogens with zero attached hydrogens (tertiary/aromatic N) is 2. The number of Topliss-reactive ketones (excluding diaryl/α,β-unsaturated/α-hetero) is 1. The van der Waals surface area contributed by atoms with Crippen LogP contribution in [-0.4, -0.2) is 15.6 Å². The van der Waals surface area contributed by atoms with Crippen LogP contribution in [0, 0.1) is 11.6 Å². The van der Waals surface area contributed by atoms with E-state index in [1.54, 1.807) is 10.9 Å². The average Bonchev–Trinajstić information content (AvgIpc) is 3.27. The van der Waals surface area contributed by atoms with Crippen LogP contribution in [0.3, 0.4) is 0 Å². The van der Waals surface area contributed by atoms with Gasteiger partial charge < -0.3 is 0 Å². The molecule has 132 valence electrons. The fraction of sp³-hybridized carbons (Fsp3) is 0.500. The Kier molecular flexibility index (Phi) is 3.97. The van der Waals surface area contributed by atoms with Crippen molar-refractivity contribution in [2.75, 3.05) is 0 Å². The summed E-state index contributed by atoms with van der Waals surface area (Å²) in [5, 5.41) is 4.37. The van der Waals surface area contributed by atoms with Crippen LogP contribution in [0.25, 0.3) is 5.69 Å². The molecule has 1 aromatic carbocycles. The maximum Gasteiger partial charge on any atom is 0.151 e. The molecule has 2 atom stereocenters. The maximum absolute atomic E-state index is 14.3. The lowest BCUT2D eigenvalue weighted by Crippen LogP contribution is -2.34. The van der Waals surface area contributed by atoms with Crippen molar-refractivity contribution in [3.63, 3.8) is 0 Å². The normalized spacial score (nSPS) is 23.9. The number of carbonyl (C=O) groups excluding carboxylic acids is 1. The molecule has 1 fully saturated rings. The zero-order valence-electron chi connectivity index (χ0n) is 14.4. The van der Waals surface area contributed by atoms with Crippen LogP contribution in [0.4, 0.5) is 8.78 Å². The van der Waals surface area contributed by atoms with Crippen molar-refractivity contribution in [3.8, 4) is 5.69 Å². The Labute approximate surface area is 146 Å². The second-order valence-electron chi connectivity index (χ2n) is 7.36. The Balaban J connectivity index is 1.76. The molecule has 2 bridgehead atoms. The predicted molar refractivity (Wildman–Crippen MR) is 90.9 cm³/mol. The van der Waals surface area contributed by atoms with E-state index in [2.05, 4.69) is 12.0 Å². The SMILES string of the molecule is CCCCCC(=O)C12CCC(C1)c1cnn(-c3ccc(F)cc3F)c12. The van der Waals surface area contributed by atoms with E-state index in [0.29, 0.717) is 12.3 Å². The predicted octanol–water partition coefficient (Wildman–Crippen LogP) is 4.82. The molecule has 25 heavy (non-hydrogen) atoms. The molecule has 4 rings (SSSR count). The van der Waals surface area contributed by atoms with Gasteiger partial charge in [0.05, 0.1) is 17.3 Å². The van der Waals surface area contributed by atoms with Gasteiger partial charge in [-0.15, -0.1) is 0 Å². The van der Waals surface area contributed by atoms with Crippen LogP contribution in [0.5, 0.6) is 0 Å². The molecule has 5 heteroatoms. The van der Waals surface area contributed by atoms with Gasteiger partial charge in [0.25, 0.3) is 0 Å². The Hall–Kier alpha value is -2.04. The van der Waals surface area contributed by atoms with Gasteiger partial charge in [-0.25, -0.2) is 13.5 Å². The number of hydrogen-bond donors (Lipinski definition) is 0. The standard InChI is InChI=1S/C20H22F2N2O/c1-2-3-4-5-18(25)20-9-8-13(11-20)15-12-23-24(19(15)20)17-7-6-14(21)10-16(17)22/h6-7,10,12-13H,2-5,8-9,11H2,1H3. The second kappa shape index (κ2) is 6.04. The number of carbonyl (C=O) groups is 1. The van der Waals surface area contributed by atoms with E-state index >= 15 is 0 Å². The highest BCUT2D eigenvalue weighted by atomic mass is 19.1. The second-order valence-corrected chi connectivity index (χ2v) is 7.36. The average molecular weight is 344 g/mol. The number of rotatable bonds is 6. The molecule has 1 heterocycles. The van der Waals surface area contributed by atoms with Gasteiger partial charge in [-0.3, -0.25) is 4.79 Å². The zero-order chi connectivity index (χ0) is 17.6. The highest BCUT2D eigenvalue weighted by Crippen LogP contribution is 2.58. The van der Waals surface area contributed by atoms with Gasteiger partial charge >= 0.3 is 0 Å². The minimum Gasteiger partial charge on any atom is -0.299 e. The molecule has 0 saturated heterocycles. The van der Waals surface area contributed by atoms with Crippen molar-refractivity contribution in [2.24, 2.45) is 0 Å². The summed E-state index contributed by atoms with van der Waals surface area (Å²) in [6.45, 7) is 2.12. The Morgan fingerprint density at radius 1 is 1.36 bits per heavy atom. The largest absolute Gasteiger partial charge is 0.299 e. The van der Waals surface area contributed by atoms with Crippen molar-refractivity contribution in [1.29, 1.82) is 0 Å². The number of halogens is 2. The Morgan fingerprint density at radius 3 is 2.96 bits per heavy atom. The lowest BCUT2D eigenvalue weighted by molar-refractivity contribution is -0.124. The summed E-state index contributed by atoms with van der Waals surface area (Å²) in [5.74, 6) is -0.673. The van der Waals surface area contributed by atoms with Crippen molar-refractivity contribution in [3.05, 3.63) is 47.3 Å². The third-order valence-corrected chi connectivity index (χ3v) is 5.88. The molecule has 0 aliphatic heterocycles. The highest BCUT2D eigenvalue weighted by Gasteiger charge is 2.55. The number of unbranched alkanes of at least 4 members (excludes halogenated alkanes) is 2. The number of hydrogen-bond acceptors (Lipinski definition) is 2. The van der Waals surface area contributed by atoms with E-state index < -0.39 is 17.0 Å². The number of aromatic nitrogens is 2. The van der Waals surface area contributed by atoms with Gasteiger partial charge in [-0.2, -0.15) is 5.10 Å². The van der Waals surface area contributed by atoms with Crippen LogP contribution < -0.4 is 0 Å². The van der Waals surface area contributed by atoms with Crippen LogP contribution in [-0.2, 0) is 10.2 Å². The first-order chi connectivity index (χ1) is 12.1. The van der Waals surface area contributed by atoms with Gasteiger partial charge in [0.15, 0.2) is 5.82 Å². The van der Waals surface area contributed by atoms with Gasteiger partial charge in [0.2, 0.25) is 0 Å². The maximum atomic E-state index is 14.3. The number of benzene rings is 1. The molecule has 3 nitrogen and oxygen atoms in total. The Bertz CT molecular complexity index is 829. The molecule has 0 amide bonds. The molecule has 2 aromatic rings. The summed E-state index contributed by atoms with van der Waals surface area (Å²) < 4.78 is 29.1. The summed E-state index contributed by atoms with van der Waals surface area (Å²) in [5.41, 5.74) is 1.59. The van der Waals surface area contributed by atoms with Crippen LogP contribution in [0.15, 0.2) is 24.4 Å². The first kappa shape index (κ1) is 16.4. The lowest BCUT2D eigenvalue weighted by atomic mass is 9.77. The van der Waals surface area contributed by atoms with Gasteiger partial charge in [0, 0.05) is 12.5 Å².